The average Bonchev–Trinajstić information content (AvgIpc) is 3.04. The molecule has 0 aliphatic rings. The van der Waals surface area contributed by atoms with Crippen molar-refractivity contribution in [3.63, 3.8) is 0 Å². The average molecular weight is 377 g/mol. The molecule has 1 heterocycles. The summed E-state index contributed by atoms with van der Waals surface area (Å²) in [6.07, 6.45) is 0. The molecule has 0 aliphatic carbocycles. The van der Waals surface area contributed by atoms with Crippen LogP contribution in [0, 0.1) is 18.6 Å². The summed E-state index contributed by atoms with van der Waals surface area (Å²) in [5.74, 6) is -1.91. The molecule has 0 unspecified atom stereocenters. The van der Waals surface area contributed by atoms with Crippen LogP contribution in [0.3, 0.4) is 0 Å². The fraction of sp³-hybridized carbons (Fsp3) is 0.118. The number of nitrogens with one attached hydrogen (secondary N) is 1. The van der Waals surface area contributed by atoms with E-state index in [0.717, 1.165) is 41.2 Å². The maximum Gasteiger partial charge on any atom is 0.210 e. The van der Waals surface area contributed by atoms with E-state index in [1.165, 1.54) is 11.3 Å². The molecule has 25 heavy (non-hydrogen) atoms. The lowest BCUT2D eigenvalue weighted by Crippen LogP contribution is -2.05. The van der Waals surface area contributed by atoms with E-state index >= 15 is 0 Å². The molecule has 1 N–H and O–H groups in total. The van der Waals surface area contributed by atoms with Gasteiger partial charge >= 0.3 is 0 Å². The third-order valence-electron chi connectivity index (χ3n) is 3.35. The predicted molar refractivity (Wildman–Crippen MR) is 95.8 cm³/mol. The van der Waals surface area contributed by atoms with Gasteiger partial charge in [-0.1, -0.05) is 41.3 Å². The summed E-state index contributed by atoms with van der Waals surface area (Å²) in [4.78, 5) is 12.0. The van der Waals surface area contributed by atoms with Crippen LogP contribution < -0.4 is 5.32 Å². The number of halogens is 2. The number of hydrogen-bond donors (Lipinski definition) is 1. The SMILES string of the molecule is Cc1ccccc1Nc1nnc(SCC(=O)c2cc(F)ccc2F)s1. The van der Waals surface area contributed by atoms with Gasteiger partial charge in [0.05, 0.1) is 11.3 Å². The summed E-state index contributed by atoms with van der Waals surface area (Å²) in [5.41, 5.74) is 1.74. The third kappa shape index (κ3) is 4.40. The number of thioether (sulfide) groups is 1. The highest BCUT2D eigenvalue weighted by atomic mass is 32.2. The minimum Gasteiger partial charge on any atom is -0.330 e. The van der Waals surface area contributed by atoms with Gasteiger partial charge in [-0.15, -0.1) is 10.2 Å². The summed E-state index contributed by atoms with van der Waals surface area (Å²) >= 11 is 2.43. The zero-order valence-corrected chi connectivity index (χ0v) is 14.8. The van der Waals surface area contributed by atoms with Crippen LogP contribution in [0.25, 0.3) is 0 Å². The van der Waals surface area contributed by atoms with Crippen LogP contribution in [-0.2, 0) is 0 Å². The molecular formula is C17H13F2N3OS2. The van der Waals surface area contributed by atoms with Crippen LogP contribution in [0.5, 0.6) is 0 Å². The van der Waals surface area contributed by atoms with Gasteiger partial charge in [0, 0.05) is 5.69 Å². The molecule has 0 aliphatic heterocycles. The number of carbonyl (C=O) groups is 1. The summed E-state index contributed by atoms with van der Waals surface area (Å²) in [6.45, 7) is 1.98. The first-order valence-electron chi connectivity index (χ1n) is 7.30. The fourth-order valence-corrected chi connectivity index (χ4v) is 3.71. The van der Waals surface area contributed by atoms with Gasteiger partial charge in [-0.25, -0.2) is 8.78 Å². The second kappa shape index (κ2) is 7.71. The molecule has 0 spiro atoms. The van der Waals surface area contributed by atoms with Crippen LogP contribution in [0.15, 0.2) is 46.8 Å². The van der Waals surface area contributed by atoms with Crippen molar-refractivity contribution in [3.05, 3.63) is 65.2 Å². The molecule has 0 bridgehead atoms. The summed E-state index contributed by atoms with van der Waals surface area (Å²) < 4.78 is 27.3. The normalized spacial score (nSPS) is 10.7. The maximum atomic E-state index is 13.6. The molecule has 0 amide bonds. The molecule has 3 rings (SSSR count). The van der Waals surface area contributed by atoms with Crippen molar-refractivity contribution in [2.75, 3.05) is 11.1 Å². The first-order chi connectivity index (χ1) is 12.0. The largest absolute Gasteiger partial charge is 0.330 e. The number of benzene rings is 2. The molecule has 0 radical (unpaired) electrons. The van der Waals surface area contributed by atoms with Crippen LogP contribution >= 0.6 is 23.1 Å². The van der Waals surface area contributed by atoms with E-state index in [2.05, 4.69) is 15.5 Å². The molecule has 128 valence electrons. The molecule has 8 heteroatoms. The molecule has 0 saturated heterocycles. The molecule has 4 nitrogen and oxygen atoms in total. The van der Waals surface area contributed by atoms with E-state index < -0.39 is 17.4 Å². The molecule has 0 saturated carbocycles. The molecular weight excluding hydrogens is 364 g/mol. The van der Waals surface area contributed by atoms with Gasteiger partial charge in [-0.05, 0) is 36.8 Å². The Bertz CT molecular complexity index is 914. The minimum absolute atomic E-state index is 0.0423. The monoisotopic (exact) mass is 377 g/mol. The molecule has 1 aromatic heterocycles. The van der Waals surface area contributed by atoms with Crippen molar-refractivity contribution in [1.82, 2.24) is 10.2 Å². The lowest BCUT2D eigenvalue weighted by atomic mass is 10.1. The fourth-order valence-electron chi connectivity index (χ4n) is 2.06. The summed E-state index contributed by atoms with van der Waals surface area (Å²) in [5, 5.41) is 11.8. The van der Waals surface area contributed by atoms with Crippen molar-refractivity contribution in [1.29, 1.82) is 0 Å². The number of ketones is 1. The molecule has 2 aromatic carbocycles. The number of para-hydroxylation sites is 1. The predicted octanol–water partition coefficient (Wildman–Crippen LogP) is 4.84. The third-order valence-corrected chi connectivity index (χ3v) is 5.32. The van der Waals surface area contributed by atoms with Crippen LogP contribution in [0.4, 0.5) is 19.6 Å². The van der Waals surface area contributed by atoms with E-state index in [4.69, 9.17) is 0 Å². The second-order valence-corrected chi connectivity index (χ2v) is 7.35. The number of anilines is 2. The first-order valence-corrected chi connectivity index (χ1v) is 9.10. The topological polar surface area (TPSA) is 54.9 Å². The Morgan fingerprint density at radius 2 is 2.00 bits per heavy atom. The minimum atomic E-state index is -0.730. The highest BCUT2D eigenvalue weighted by molar-refractivity contribution is 8.01. The molecule has 0 fully saturated rings. The van der Waals surface area contributed by atoms with Crippen molar-refractivity contribution in [3.8, 4) is 0 Å². The molecule has 3 aromatic rings. The number of aromatic nitrogens is 2. The Balaban J connectivity index is 1.63. The maximum absolute atomic E-state index is 13.6. The van der Waals surface area contributed by atoms with E-state index in [0.29, 0.717) is 9.47 Å². The van der Waals surface area contributed by atoms with Crippen LogP contribution in [-0.4, -0.2) is 21.7 Å². The Labute approximate surface area is 151 Å². The first kappa shape index (κ1) is 17.5. The number of rotatable bonds is 6. The number of hydrogen-bond acceptors (Lipinski definition) is 6. The smallest absolute Gasteiger partial charge is 0.210 e. The van der Waals surface area contributed by atoms with Gasteiger partial charge in [0.15, 0.2) is 10.1 Å². The number of nitrogens with zero attached hydrogens (tertiary/aromatic N) is 2. The zero-order valence-electron chi connectivity index (χ0n) is 13.1. The second-order valence-electron chi connectivity index (χ2n) is 5.15. The standard InChI is InChI=1S/C17H13F2N3OS2/c1-10-4-2-3-5-14(10)20-16-21-22-17(25-16)24-9-15(23)12-8-11(18)6-7-13(12)19/h2-8H,9H2,1H3,(H,20,21). The van der Waals surface area contributed by atoms with E-state index in [1.54, 1.807) is 0 Å². The van der Waals surface area contributed by atoms with Gasteiger partial charge in [0.25, 0.3) is 0 Å². The van der Waals surface area contributed by atoms with Gasteiger partial charge in [0.2, 0.25) is 5.13 Å². The quantitative estimate of drug-likeness (QED) is 0.492. The highest BCUT2D eigenvalue weighted by Crippen LogP contribution is 2.29. The number of carbonyl (C=O) groups excluding carboxylic acids is 1. The van der Waals surface area contributed by atoms with E-state index in [1.807, 2.05) is 31.2 Å². The Kier molecular flexibility index (Phi) is 5.40. The lowest BCUT2D eigenvalue weighted by molar-refractivity contribution is 0.101. The Morgan fingerprint density at radius 3 is 2.80 bits per heavy atom. The van der Waals surface area contributed by atoms with E-state index in [-0.39, 0.29) is 11.3 Å². The van der Waals surface area contributed by atoms with Gasteiger partial charge in [0.1, 0.15) is 11.6 Å². The Hall–Kier alpha value is -2.32. The summed E-state index contributed by atoms with van der Waals surface area (Å²) in [6, 6.07) is 10.6. The van der Waals surface area contributed by atoms with Crippen molar-refractivity contribution in [2.24, 2.45) is 0 Å². The van der Waals surface area contributed by atoms with Crippen molar-refractivity contribution >= 4 is 39.7 Å². The highest BCUT2D eigenvalue weighted by Gasteiger charge is 2.15. The van der Waals surface area contributed by atoms with E-state index in [9.17, 15) is 13.6 Å². The van der Waals surface area contributed by atoms with Gasteiger partial charge in [-0.2, -0.15) is 0 Å². The van der Waals surface area contributed by atoms with Gasteiger partial charge in [-0.3, -0.25) is 4.79 Å². The van der Waals surface area contributed by atoms with Gasteiger partial charge < -0.3 is 5.32 Å². The lowest BCUT2D eigenvalue weighted by Gasteiger charge is -2.04. The van der Waals surface area contributed by atoms with Crippen molar-refractivity contribution < 1.29 is 13.6 Å². The zero-order chi connectivity index (χ0) is 17.8. The van der Waals surface area contributed by atoms with Crippen LogP contribution in [0.2, 0.25) is 0 Å². The number of Topliss-reactive ketones (excluding diaryl/α,β-unsaturated/α-hetero) is 1. The van der Waals surface area contributed by atoms with Crippen LogP contribution in [0.1, 0.15) is 15.9 Å². The van der Waals surface area contributed by atoms with Crippen molar-refractivity contribution in [2.45, 2.75) is 11.3 Å². The Morgan fingerprint density at radius 1 is 1.20 bits per heavy atom. The molecule has 0 atom stereocenters. The number of aryl methyl sites for hydroxylation is 1. The summed E-state index contributed by atoms with van der Waals surface area (Å²) in [7, 11) is 0.